The second-order valence-electron chi connectivity index (χ2n) is 19.8. The highest BCUT2D eigenvalue weighted by atomic mass is 15.0. The lowest BCUT2D eigenvalue weighted by atomic mass is 9.93. The Morgan fingerprint density at radius 1 is 0.330 bits per heavy atom. The van der Waals surface area contributed by atoms with Crippen molar-refractivity contribution in [1.29, 1.82) is 36.8 Å². The normalized spacial score (nSPS) is 10.4. The van der Waals surface area contributed by atoms with Gasteiger partial charge in [0.1, 0.15) is 0 Å². The average Bonchev–Trinajstić information content (AvgIpc) is 1.84. The molecule has 0 saturated carbocycles. The van der Waals surface area contributed by atoms with Crippen LogP contribution in [0.5, 0.6) is 0 Å². The largest absolute Gasteiger partial charge is 0.309 e. The van der Waals surface area contributed by atoms with Gasteiger partial charge in [-0.1, -0.05) is 30.3 Å². The van der Waals surface area contributed by atoms with Gasteiger partial charge in [-0.05, 0) is 143 Å². The molecule has 0 aliphatic rings. The Bertz CT molecular complexity index is 5380. The van der Waals surface area contributed by atoms with E-state index < -0.39 is 0 Å². The molecule has 0 atom stereocenters. The van der Waals surface area contributed by atoms with Crippen LogP contribution in [0, 0.1) is 119 Å². The molecule has 12 aromatic rings. The van der Waals surface area contributed by atoms with Crippen LogP contribution < -0.4 is 0 Å². The van der Waals surface area contributed by atoms with Gasteiger partial charge in [0, 0.05) is 84.1 Å². The van der Waals surface area contributed by atoms with Gasteiger partial charge < -0.3 is 9.13 Å². The van der Waals surface area contributed by atoms with Crippen molar-refractivity contribution >= 4 is 77.7 Å². The summed E-state index contributed by atoms with van der Waals surface area (Å²) in [5.41, 5.74) is 9.63. The fraction of sp³-hybridized carbons (Fsp3) is 0. The molecule has 0 fully saturated rings. The monoisotopic (exact) mass is 1110 g/mol. The zero-order valence-electron chi connectivity index (χ0n) is 45.2. The number of nitrogens with zero attached hydrogens (tertiary/aromatic N) is 16. The quantitative estimate of drug-likeness (QED) is 0.140. The predicted molar refractivity (Wildman–Crippen MR) is 331 cm³/mol. The van der Waals surface area contributed by atoms with Crippen molar-refractivity contribution in [1.82, 2.24) is 14.1 Å². The average molecular weight is 1120 g/mol. The molecule has 0 aliphatic carbocycles. The molecule has 3 heterocycles. The van der Waals surface area contributed by atoms with Gasteiger partial charge in [0.2, 0.25) is 0 Å². The van der Waals surface area contributed by atoms with Gasteiger partial charge >= 0.3 is 0 Å². The number of nitriles is 7. The van der Waals surface area contributed by atoms with Crippen LogP contribution in [0.15, 0.2) is 158 Å². The summed E-state index contributed by atoms with van der Waals surface area (Å²) < 4.78 is 3.97. The second kappa shape index (κ2) is 21.5. The Labute approximate surface area is 501 Å². The molecule has 0 amide bonds. The van der Waals surface area contributed by atoms with E-state index in [1.807, 2.05) is 75.9 Å². The summed E-state index contributed by atoms with van der Waals surface area (Å²) in [5, 5.41) is 74.8. The minimum absolute atomic E-state index is 0.0941. The van der Waals surface area contributed by atoms with Crippen molar-refractivity contribution in [3.05, 3.63) is 265 Å². The maximum absolute atomic E-state index is 11.0. The Morgan fingerprint density at radius 2 is 0.727 bits per heavy atom. The molecule has 394 valence electrons. The molecule has 0 saturated heterocycles. The van der Waals surface area contributed by atoms with Crippen LogP contribution in [-0.4, -0.2) is 14.1 Å². The molecule has 88 heavy (non-hydrogen) atoms. The lowest BCUT2D eigenvalue weighted by Crippen LogP contribution is -2.01. The van der Waals surface area contributed by atoms with Crippen molar-refractivity contribution in [3.63, 3.8) is 0 Å². The number of fused-ring (bicyclic) bond motifs is 6. The Balaban J connectivity index is 1.12. The van der Waals surface area contributed by atoms with Crippen molar-refractivity contribution in [2.24, 2.45) is 0 Å². The van der Waals surface area contributed by atoms with Gasteiger partial charge in [-0.25, -0.2) is 29.1 Å². The summed E-state index contributed by atoms with van der Waals surface area (Å²) >= 11 is 0. The fourth-order valence-electron chi connectivity index (χ4n) is 11.6. The number of rotatable bonds is 7. The highest BCUT2D eigenvalue weighted by Gasteiger charge is 2.25. The van der Waals surface area contributed by atoms with Gasteiger partial charge in [0.25, 0.3) is 0 Å². The maximum atomic E-state index is 11.0. The summed E-state index contributed by atoms with van der Waals surface area (Å²) in [6.07, 6.45) is 3.27. The highest BCUT2D eigenvalue weighted by Crippen LogP contribution is 2.48. The minimum atomic E-state index is 0.0941. The van der Waals surface area contributed by atoms with Crippen molar-refractivity contribution in [2.45, 2.75) is 0 Å². The van der Waals surface area contributed by atoms with E-state index in [9.17, 15) is 36.8 Å². The summed E-state index contributed by atoms with van der Waals surface area (Å²) in [4.78, 5) is 26.5. The molecule has 0 unspecified atom stereocenters. The number of hydrogen-bond donors (Lipinski definition) is 0. The van der Waals surface area contributed by atoms with E-state index in [-0.39, 0.29) is 73.1 Å². The van der Waals surface area contributed by atoms with Crippen LogP contribution in [0.4, 0.5) is 34.1 Å². The first kappa shape index (κ1) is 53.7. The zero-order valence-corrected chi connectivity index (χ0v) is 45.2. The van der Waals surface area contributed by atoms with Gasteiger partial charge in [-0.3, -0.25) is 4.98 Å². The first-order valence-electron chi connectivity index (χ1n) is 26.1. The molecule has 16 nitrogen and oxygen atoms in total. The lowest BCUT2D eigenvalue weighted by molar-refractivity contribution is 1.15. The van der Waals surface area contributed by atoms with Gasteiger partial charge in [0.05, 0.1) is 132 Å². The van der Waals surface area contributed by atoms with Crippen LogP contribution in [0.25, 0.3) is 140 Å². The summed E-state index contributed by atoms with van der Waals surface area (Å²) in [5.74, 6) is 0. The number of aromatic nitrogens is 3. The molecule has 0 N–H and O–H groups in total. The van der Waals surface area contributed by atoms with Crippen LogP contribution >= 0.6 is 0 Å². The van der Waals surface area contributed by atoms with Crippen molar-refractivity contribution < 1.29 is 0 Å². The smallest absolute Gasteiger partial charge is 0.197 e. The van der Waals surface area contributed by atoms with E-state index in [4.69, 9.17) is 39.4 Å². The molecule has 0 bridgehead atoms. The molecule has 0 aliphatic heterocycles. The highest BCUT2D eigenvalue weighted by molar-refractivity contribution is 6.15. The van der Waals surface area contributed by atoms with E-state index >= 15 is 0 Å². The molecule has 0 radical (unpaired) electrons. The molecular weight excluding hydrogens is 1090 g/mol. The number of pyridine rings is 1. The maximum Gasteiger partial charge on any atom is 0.197 e. The van der Waals surface area contributed by atoms with Crippen LogP contribution in [0.1, 0.15) is 38.9 Å². The number of benzene rings is 9. The van der Waals surface area contributed by atoms with Crippen molar-refractivity contribution in [3.8, 4) is 109 Å². The lowest BCUT2D eigenvalue weighted by Gasteiger charge is -2.17. The van der Waals surface area contributed by atoms with E-state index in [2.05, 4.69) is 64.4 Å². The minimum Gasteiger partial charge on any atom is -0.309 e. The summed E-state index contributed by atoms with van der Waals surface area (Å²) in [6, 6.07) is 55.7. The molecule has 9 aromatic carbocycles. The third kappa shape index (κ3) is 8.47. The van der Waals surface area contributed by atoms with E-state index in [1.54, 1.807) is 54.9 Å². The van der Waals surface area contributed by atoms with Crippen LogP contribution in [-0.2, 0) is 0 Å². The van der Waals surface area contributed by atoms with Gasteiger partial charge in [0.15, 0.2) is 34.1 Å². The summed E-state index contributed by atoms with van der Waals surface area (Å²) in [6.45, 7) is 47.7. The summed E-state index contributed by atoms with van der Waals surface area (Å²) in [7, 11) is 0. The van der Waals surface area contributed by atoms with Gasteiger partial charge in [-0.15, -0.1) is 0 Å². The zero-order chi connectivity index (χ0) is 61.5. The topological polar surface area (TPSA) is 215 Å². The molecule has 12 rings (SSSR count). The Kier molecular flexibility index (Phi) is 13.1. The third-order valence-corrected chi connectivity index (χ3v) is 15.3. The van der Waals surface area contributed by atoms with E-state index in [0.29, 0.717) is 111 Å². The van der Waals surface area contributed by atoms with Gasteiger partial charge in [-0.2, -0.15) is 36.8 Å². The SMILES string of the molecule is [C-]#[N+]c1cc(C#N)c(-c2ccc3c(c2)c2cc(-c4c(C#N)cc([N+]#[C-])cc4[N+]#[C-])ccc2n3-c2ccncc2-c2cc(-n3c4ccc(-c5c(C#N)cc(C#N)cc5[N+]#[C-])cc4c4cc(-c5c([N+]#[C-])cc(C#N)cc5[N+]#[C-])ccc43)ccc2C#N)c(C#N)c1. The second-order valence-corrected chi connectivity index (χ2v) is 19.8. The molecule has 16 heteroatoms. The number of hydrogen-bond acceptors (Lipinski definition) is 8. The molecule has 3 aromatic heterocycles. The molecule has 0 spiro atoms. The first-order chi connectivity index (χ1) is 43.0. The predicted octanol–water partition coefficient (Wildman–Crippen LogP) is 18.0. The third-order valence-electron chi connectivity index (χ3n) is 15.3. The molecular formula is C72H26N16. The first-order valence-corrected chi connectivity index (χ1v) is 26.1. The standard InChI is InChI=1S/C72H26N16/c1-80-51-23-48(36-77)69(49(24-51)37-78)42-8-15-66-57(26-42)58-28-44(71-50(38-79)25-52(81-2)30-63(71)85-6)10-16-67(58)88(66)68-17-18-86-39-59(68)54-31-53(12-7-46(54)34-75)87-64-13-9-43(70-47(35-76)19-40(32-73)20-60(70)82-3)27-55(64)56-29-45(11-14-65(56)87)72-61(83-4)21-41(33-74)22-62(72)84-5/h7-31,39H. The van der Waals surface area contributed by atoms with Crippen LogP contribution in [0.2, 0.25) is 0 Å². The van der Waals surface area contributed by atoms with Crippen LogP contribution in [0.3, 0.4) is 0 Å². The van der Waals surface area contributed by atoms with E-state index in [1.165, 1.54) is 48.5 Å². The van der Waals surface area contributed by atoms with E-state index in [0.717, 1.165) is 0 Å². The van der Waals surface area contributed by atoms with Crippen molar-refractivity contribution in [2.75, 3.05) is 0 Å². The fourth-order valence-corrected chi connectivity index (χ4v) is 11.6. The Morgan fingerprint density at radius 3 is 1.18 bits per heavy atom. The Hall–Kier alpha value is -14.9.